The van der Waals surface area contributed by atoms with Crippen molar-refractivity contribution in [3.63, 3.8) is 0 Å². The molecule has 0 saturated carbocycles. The minimum absolute atomic E-state index is 0.0450. The van der Waals surface area contributed by atoms with Crippen LogP contribution in [-0.4, -0.2) is 49.4 Å². The van der Waals surface area contributed by atoms with Gasteiger partial charge in [0.05, 0.1) is 26.7 Å². The van der Waals surface area contributed by atoms with E-state index in [1.807, 2.05) is 31.2 Å². The summed E-state index contributed by atoms with van der Waals surface area (Å²) in [6, 6.07) is 12.1. The fourth-order valence-corrected chi connectivity index (χ4v) is 3.57. The Kier molecular flexibility index (Phi) is 6.43. The Bertz CT molecular complexity index is 1120. The maximum atomic E-state index is 12.6. The molecule has 1 atom stereocenters. The van der Waals surface area contributed by atoms with Crippen molar-refractivity contribution < 1.29 is 28.2 Å². The van der Waals surface area contributed by atoms with Gasteiger partial charge in [-0.3, -0.25) is 14.9 Å². The zero-order chi connectivity index (χ0) is 23.4. The molecule has 0 unspecified atom stereocenters. The molecule has 2 aromatic carbocycles. The zero-order valence-electron chi connectivity index (χ0n) is 18.5. The van der Waals surface area contributed by atoms with E-state index < -0.39 is 5.91 Å². The van der Waals surface area contributed by atoms with Crippen LogP contribution in [0.15, 0.2) is 46.9 Å². The second-order valence-electron chi connectivity index (χ2n) is 7.33. The molecule has 33 heavy (non-hydrogen) atoms. The first-order valence-electron chi connectivity index (χ1n) is 10.4. The van der Waals surface area contributed by atoms with Crippen LogP contribution >= 0.6 is 0 Å². The molecule has 1 saturated heterocycles. The third-order valence-corrected chi connectivity index (χ3v) is 5.21. The van der Waals surface area contributed by atoms with Crippen molar-refractivity contribution >= 4 is 23.5 Å². The molecule has 1 aliphatic rings. The van der Waals surface area contributed by atoms with Crippen LogP contribution < -0.4 is 24.4 Å². The molecule has 10 heteroatoms. The fourth-order valence-electron chi connectivity index (χ4n) is 3.57. The predicted octanol–water partition coefficient (Wildman–Crippen LogP) is 3.26. The largest absolute Gasteiger partial charge is 0.497 e. The number of hydrogen-bond acceptors (Lipinski definition) is 8. The lowest BCUT2D eigenvalue weighted by atomic mass is 10.1. The summed E-state index contributed by atoms with van der Waals surface area (Å²) >= 11 is 0. The number of carbonyl (C=O) groups is 2. The molecule has 0 bridgehead atoms. The highest BCUT2D eigenvalue weighted by atomic mass is 16.5. The molecular weight excluding hydrogens is 428 g/mol. The lowest BCUT2D eigenvalue weighted by Gasteiger charge is -2.16. The number of aromatic nitrogens is 2. The topological polar surface area (TPSA) is 116 Å². The van der Waals surface area contributed by atoms with Gasteiger partial charge in [0.15, 0.2) is 0 Å². The SMILES string of the molecule is CCOc1ccc(N2C[C@H](c3nnc(NC(=O)c4cc(OC)cc(OC)c4)o3)CC2=O)cc1. The molecule has 1 fully saturated rings. The molecule has 1 aliphatic heterocycles. The lowest BCUT2D eigenvalue weighted by molar-refractivity contribution is -0.117. The fraction of sp³-hybridized carbons (Fsp3) is 0.304. The van der Waals surface area contributed by atoms with Crippen molar-refractivity contribution in [3.8, 4) is 17.2 Å². The molecule has 0 aliphatic carbocycles. The Morgan fingerprint density at radius 2 is 1.79 bits per heavy atom. The Hall–Kier alpha value is -4.08. The van der Waals surface area contributed by atoms with E-state index >= 15 is 0 Å². The van der Waals surface area contributed by atoms with Crippen LogP contribution in [0.5, 0.6) is 17.2 Å². The van der Waals surface area contributed by atoms with E-state index in [1.54, 1.807) is 23.1 Å². The van der Waals surface area contributed by atoms with E-state index in [0.29, 0.717) is 30.2 Å². The van der Waals surface area contributed by atoms with Crippen LogP contribution in [0.1, 0.15) is 35.5 Å². The van der Waals surface area contributed by atoms with Crippen molar-refractivity contribution in [2.24, 2.45) is 0 Å². The average Bonchev–Trinajstić information content (AvgIpc) is 3.46. The smallest absolute Gasteiger partial charge is 0.322 e. The highest BCUT2D eigenvalue weighted by molar-refractivity contribution is 6.03. The number of anilines is 2. The minimum Gasteiger partial charge on any atom is -0.497 e. The number of ether oxygens (including phenoxy) is 3. The van der Waals surface area contributed by atoms with Crippen LogP contribution in [0.3, 0.4) is 0 Å². The molecule has 1 aromatic heterocycles. The van der Waals surface area contributed by atoms with Crippen LogP contribution in [-0.2, 0) is 4.79 Å². The van der Waals surface area contributed by atoms with Crippen LogP contribution in [0.4, 0.5) is 11.7 Å². The Morgan fingerprint density at radius 1 is 1.09 bits per heavy atom. The number of amides is 2. The van der Waals surface area contributed by atoms with Crippen LogP contribution in [0.2, 0.25) is 0 Å². The summed E-state index contributed by atoms with van der Waals surface area (Å²) in [6.07, 6.45) is 0.232. The van der Waals surface area contributed by atoms with Gasteiger partial charge in [0.1, 0.15) is 17.2 Å². The Morgan fingerprint density at radius 3 is 2.42 bits per heavy atom. The first kappa shape index (κ1) is 22.1. The Balaban J connectivity index is 1.43. The van der Waals surface area contributed by atoms with Crippen molar-refractivity contribution in [1.29, 1.82) is 0 Å². The van der Waals surface area contributed by atoms with Crippen molar-refractivity contribution in [2.45, 2.75) is 19.3 Å². The van der Waals surface area contributed by atoms with Gasteiger partial charge in [0.25, 0.3) is 5.91 Å². The summed E-state index contributed by atoms with van der Waals surface area (Å²) in [7, 11) is 3.00. The summed E-state index contributed by atoms with van der Waals surface area (Å²) < 4.78 is 21.5. The van der Waals surface area contributed by atoms with Crippen LogP contribution in [0, 0.1) is 0 Å². The molecule has 0 spiro atoms. The maximum absolute atomic E-state index is 12.6. The average molecular weight is 452 g/mol. The summed E-state index contributed by atoms with van der Waals surface area (Å²) in [5.74, 6) is 1.20. The zero-order valence-corrected chi connectivity index (χ0v) is 18.5. The molecule has 3 aromatic rings. The van der Waals surface area contributed by atoms with Gasteiger partial charge < -0.3 is 23.5 Å². The van der Waals surface area contributed by atoms with Gasteiger partial charge in [-0.1, -0.05) is 5.10 Å². The van der Waals surface area contributed by atoms with Crippen LogP contribution in [0.25, 0.3) is 0 Å². The molecule has 0 radical (unpaired) electrons. The quantitative estimate of drug-likeness (QED) is 0.554. The predicted molar refractivity (Wildman–Crippen MR) is 119 cm³/mol. The number of rotatable bonds is 8. The molecule has 2 heterocycles. The van der Waals surface area contributed by atoms with Gasteiger partial charge in [-0.2, -0.15) is 0 Å². The summed E-state index contributed by atoms with van der Waals surface area (Å²) in [4.78, 5) is 26.9. The standard InChI is InChI=1S/C23H24N4O6/c1-4-32-17-7-5-16(6-8-17)27-13-15(11-20(27)28)22-25-26-23(33-22)24-21(29)14-9-18(30-2)12-19(10-14)31-3/h5-10,12,15H,4,11,13H2,1-3H3,(H,24,26,29)/t15-/m1/s1. The summed E-state index contributed by atoms with van der Waals surface area (Å²) in [5, 5.41) is 10.5. The monoisotopic (exact) mass is 452 g/mol. The van der Waals surface area contributed by atoms with Crippen molar-refractivity contribution in [3.05, 3.63) is 53.9 Å². The van der Waals surface area contributed by atoms with Gasteiger partial charge in [0, 0.05) is 30.3 Å². The van der Waals surface area contributed by atoms with E-state index in [1.165, 1.54) is 14.2 Å². The number of methoxy groups -OCH3 is 2. The summed E-state index contributed by atoms with van der Waals surface area (Å²) in [6.45, 7) is 2.89. The third-order valence-electron chi connectivity index (χ3n) is 5.21. The molecular formula is C23H24N4O6. The number of benzene rings is 2. The van der Waals surface area contributed by atoms with Gasteiger partial charge in [-0.15, -0.1) is 5.10 Å². The first-order valence-corrected chi connectivity index (χ1v) is 10.4. The molecule has 10 nitrogen and oxygen atoms in total. The van der Waals surface area contributed by atoms with Crippen molar-refractivity contribution in [2.75, 3.05) is 37.6 Å². The molecule has 2 amide bonds. The highest BCUT2D eigenvalue weighted by Crippen LogP contribution is 2.32. The first-order chi connectivity index (χ1) is 16.0. The normalized spacial score (nSPS) is 15.4. The molecule has 4 rings (SSSR count). The minimum atomic E-state index is -0.457. The molecule has 1 N–H and O–H groups in total. The third kappa shape index (κ3) is 4.89. The maximum Gasteiger partial charge on any atom is 0.322 e. The van der Waals surface area contributed by atoms with E-state index in [-0.39, 0.29) is 30.2 Å². The van der Waals surface area contributed by atoms with Gasteiger partial charge in [0.2, 0.25) is 11.8 Å². The number of nitrogens with one attached hydrogen (secondary N) is 1. The van der Waals surface area contributed by atoms with Gasteiger partial charge in [-0.05, 0) is 43.3 Å². The van der Waals surface area contributed by atoms with E-state index in [2.05, 4.69) is 15.5 Å². The van der Waals surface area contributed by atoms with E-state index in [9.17, 15) is 9.59 Å². The highest BCUT2D eigenvalue weighted by Gasteiger charge is 2.35. The lowest BCUT2D eigenvalue weighted by Crippen LogP contribution is -2.24. The Labute approximate surface area is 190 Å². The van der Waals surface area contributed by atoms with E-state index in [0.717, 1.165) is 11.4 Å². The van der Waals surface area contributed by atoms with Gasteiger partial charge >= 0.3 is 6.01 Å². The van der Waals surface area contributed by atoms with Gasteiger partial charge in [-0.25, -0.2) is 0 Å². The second-order valence-corrected chi connectivity index (χ2v) is 7.33. The number of carbonyl (C=O) groups excluding carboxylic acids is 2. The van der Waals surface area contributed by atoms with Crippen molar-refractivity contribution in [1.82, 2.24) is 10.2 Å². The number of nitrogens with zero attached hydrogens (tertiary/aromatic N) is 3. The number of hydrogen-bond donors (Lipinski definition) is 1. The molecule has 172 valence electrons. The van der Waals surface area contributed by atoms with E-state index in [4.69, 9.17) is 18.6 Å². The summed E-state index contributed by atoms with van der Waals surface area (Å²) in [5.41, 5.74) is 1.08. The second kappa shape index (κ2) is 9.60.